The highest BCUT2D eigenvalue weighted by atomic mass is 16.5. The number of amides is 1. The van der Waals surface area contributed by atoms with Crippen LogP contribution in [0, 0.1) is 0 Å². The Labute approximate surface area is 176 Å². The zero-order valence-electron chi connectivity index (χ0n) is 17.3. The number of carbonyl (C=O) groups excluding carboxylic acids is 2. The summed E-state index contributed by atoms with van der Waals surface area (Å²) >= 11 is 0. The standard InChI is InChI=1S/C25H26N2O3/c1-18(2)20-9-7-19(8-10-20)15-16-26-24(28)17-30-25(29)14-13-22-12-11-21-5-3-4-6-23(21)27-22/h3-14,18H,15-17H2,1-2H3,(H,26,28)/b14-13+. The monoisotopic (exact) mass is 402 g/mol. The van der Waals surface area contributed by atoms with Gasteiger partial charge in [0.1, 0.15) is 0 Å². The predicted octanol–water partition coefficient (Wildman–Crippen LogP) is 4.27. The van der Waals surface area contributed by atoms with E-state index in [4.69, 9.17) is 4.74 Å². The Balaban J connectivity index is 1.39. The fourth-order valence-electron chi connectivity index (χ4n) is 2.98. The molecule has 0 aliphatic carbocycles. The maximum atomic E-state index is 11.9. The third-order valence-corrected chi connectivity index (χ3v) is 4.74. The molecule has 1 amide bonds. The summed E-state index contributed by atoms with van der Waals surface area (Å²) in [5.41, 5.74) is 3.95. The lowest BCUT2D eigenvalue weighted by atomic mass is 10.0. The zero-order valence-corrected chi connectivity index (χ0v) is 17.3. The Kier molecular flexibility index (Phi) is 7.33. The molecule has 3 rings (SSSR count). The van der Waals surface area contributed by atoms with Gasteiger partial charge in [-0.15, -0.1) is 0 Å². The van der Waals surface area contributed by atoms with E-state index in [1.54, 1.807) is 6.08 Å². The van der Waals surface area contributed by atoms with E-state index in [0.29, 0.717) is 18.2 Å². The Morgan fingerprint density at radius 1 is 1.03 bits per heavy atom. The molecule has 154 valence electrons. The second-order valence-corrected chi connectivity index (χ2v) is 7.37. The smallest absolute Gasteiger partial charge is 0.331 e. The van der Waals surface area contributed by atoms with Crippen LogP contribution in [0.1, 0.15) is 36.6 Å². The number of hydrogen-bond acceptors (Lipinski definition) is 4. The van der Waals surface area contributed by atoms with Gasteiger partial charge in [0, 0.05) is 18.0 Å². The Morgan fingerprint density at radius 2 is 1.80 bits per heavy atom. The van der Waals surface area contributed by atoms with E-state index in [0.717, 1.165) is 22.9 Å². The highest BCUT2D eigenvalue weighted by Gasteiger charge is 2.05. The van der Waals surface area contributed by atoms with Crippen LogP contribution >= 0.6 is 0 Å². The van der Waals surface area contributed by atoms with E-state index in [9.17, 15) is 9.59 Å². The van der Waals surface area contributed by atoms with E-state index >= 15 is 0 Å². The van der Waals surface area contributed by atoms with Gasteiger partial charge in [-0.1, -0.05) is 62.4 Å². The maximum Gasteiger partial charge on any atom is 0.331 e. The molecule has 0 unspecified atom stereocenters. The van der Waals surface area contributed by atoms with Gasteiger partial charge in [-0.25, -0.2) is 9.78 Å². The van der Waals surface area contributed by atoms with Crippen molar-refractivity contribution >= 4 is 28.9 Å². The molecular weight excluding hydrogens is 376 g/mol. The summed E-state index contributed by atoms with van der Waals surface area (Å²) in [7, 11) is 0. The normalized spacial score (nSPS) is 11.2. The zero-order chi connectivity index (χ0) is 21.3. The fourth-order valence-corrected chi connectivity index (χ4v) is 2.98. The first-order valence-corrected chi connectivity index (χ1v) is 10.1. The molecule has 5 nitrogen and oxygen atoms in total. The van der Waals surface area contributed by atoms with Gasteiger partial charge in [-0.3, -0.25) is 4.79 Å². The molecule has 3 aromatic rings. The number of aromatic nitrogens is 1. The van der Waals surface area contributed by atoms with Crippen LogP contribution in [0.5, 0.6) is 0 Å². The third-order valence-electron chi connectivity index (χ3n) is 4.74. The van der Waals surface area contributed by atoms with E-state index < -0.39 is 5.97 Å². The number of nitrogens with one attached hydrogen (secondary N) is 1. The van der Waals surface area contributed by atoms with E-state index in [1.165, 1.54) is 11.6 Å². The molecule has 0 radical (unpaired) electrons. The van der Waals surface area contributed by atoms with Gasteiger partial charge in [-0.2, -0.15) is 0 Å². The van der Waals surface area contributed by atoms with Crippen molar-refractivity contribution in [3.8, 4) is 0 Å². The van der Waals surface area contributed by atoms with E-state index in [2.05, 4.69) is 48.4 Å². The summed E-state index contributed by atoms with van der Waals surface area (Å²) in [6.07, 6.45) is 3.58. The van der Waals surface area contributed by atoms with E-state index in [-0.39, 0.29) is 12.5 Å². The minimum Gasteiger partial charge on any atom is -0.452 e. The number of benzene rings is 2. The molecule has 0 aliphatic rings. The van der Waals surface area contributed by atoms with Crippen molar-refractivity contribution in [3.63, 3.8) is 0 Å². The van der Waals surface area contributed by atoms with Crippen molar-refractivity contribution < 1.29 is 14.3 Å². The minimum atomic E-state index is -0.579. The van der Waals surface area contributed by atoms with E-state index in [1.807, 2.05) is 36.4 Å². The highest BCUT2D eigenvalue weighted by molar-refractivity contribution is 5.89. The minimum absolute atomic E-state index is 0.305. The van der Waals surface area contributed by atoms with Crippen LogP contribution < -0.4 is 5.32 Å². The Morgan fingerprint density at radius 3 is 2.57 bits per heavy atom. The molecule has 1 N–H and O–H groups in total. The molecule has 1 heterocycles. The average molecular weight is 402 g/mol. The van der Waals surface area contributed by atoms with Crippen molar-refractivity contribution in [1.29, 1.82) is 0 Å². The third kappa shape index (κ3) is 6.27. The lowest BCUT2D eigenvalue weighted by Crippen LogP contribution is -2.30. The van der Waals surface area contributed by atoms with Crippen LogP contribution in [0.2, 0.25) is 0 Å². The van der Waals surface area contributed by atoms with Crippen molar-refractivity contribution in [2.75, 3.05) is 13.2 Å². The lowest BCUT2D eigenvalue weighted by Gasteiger charge is -2.08. The Hall–Kier alpha value is -3.47. The molecule has 5 heteroatoms. The number of para-hydroxylation sites is 1. The molecule has 0 atom stereocenters. The Bertz CT molecular complexity index is 1040. The first kappa shape index (κ1) is 21.2. The fraction of sp³-hybridized carbons (Fsp3) is 0.240. The summed E-state index contributed by atoms with van der Waals surface area (Å²) in [6.45, 7) is 4.50. The van der Waals surface area contributed by atoms with Gasteiger partial charge < -0.3 is 10.1 Å². The molecule has 0 saturated heterocycles. The summed E-state index contributed by atoms with van der Waals surface area (Å²) < 4.78 is 4.99. The second kappa shape index (κ2) is 10.3. The largest absolute Gasteiger partial charge is 0.452 e. The van der Waals surface area contributed by atoms with Gasteiger partial charge in [0.2, 0.25) is 0 Å². The number of nitrogens with zero attached hydrogens (tertiary/aromatic N) is 1. The topological polar surface area (TPSA) is 68.3 Å². The lowest BCUT2D eigenvalue weighted by molar-refractivity contribution is -0.143. The van der Waals surface area contributed by atoms with Crippen LogP contribution in [-0.2, 0) is 20.7 Å². The van der Waals surface area contributed by atoms with Crippen molar-refractivity contribution in [1.82, 2.24) is 10.3 Å². The SMILES string of the molecule is CC(C)c1ccc(CCNC(=O)COC(=O)/C=C/c2ccc3ccccc3n2)cc1. The van der Waals surface area contributed by atoms with Crippen molar-refractivity contribution in [3.05, 3.63) is 83.6 Å². The molecule has 0 aliphatic heterocycles. The van der Waals surface area contributed by atoms with Gasteiger partial charge >= 0.3 is 5.97 Å². The molecule has 2 aromatic carbocycles. The van der Waals surface area contributed by atoms with Gasteiger partial charge in [0.05, 0.1) is 11.2 Å². The quantitative estimate of drug-likeness (QED) is 0.451. The molecular formula is C25H26N2O3. The molecule has 0 saturated carbocycles. The average Bonchev–Trinajstić information content (AvgIpc) is 2.76. The molecule has 0 bridgehead atoms. The number of fused-ring (bicyclic) bond motifs is 1. The number of pyridine rings is 1. The summed E-state index contributed by atoms with van der Waals surface area (Å²) in [5, 5.41) is 3.80. The molecule has 0 fully saturated rings. The van der Waals surface area contributed by atoms with Crippen LogP contribution in [0.25, 0.3) is 17.0 Å². The van der Waals surface area contributed by atoms with Gasteiger partial charge in [0.15, 0.2) is 6.61 Å². The second-order valence-electron chi connectivity index (χ2n) is 7.37. The first-order valence-electron chi connectivity index (χ1n) is 10.1. The van der Waals surface area contributed by atoms with Crippen molar-refractivity contribution in [2.45, 2.75) is 26.2 Å². The van der Waals surface area contributed by atoms with Gasteiger partial charge in [-0.05, 0) is 41.7 Å². The molecule has 1 aromatic heterocycles. The predicted molar refractivity (Wildman–Crippen MR) is 119 cm³/mol. The first-order chi connectivity index (χ1) is 14.5. The number of esters is 1. The number of rotatable bonds is 8. The number of hydrogen-bond donors (Lipinski definition) is 1. The maximum absolute atomic E-state index is 11.9. The summed E-state index contributed by atoms with van der Waals surface area (Å²) in [5.74, 6) is -0.400. The van der Waals surface area contributed by atoms with Gasteiger partial charge in [0.25, 0.3) is 5.91 Å². The summed E-state index contributed by atoms with van der Waals surface area (Å²) in [6, 6.07) is 19.9. The molecule has 30 heavy (non-hydrogen) atoms. The number of ether oxygens (including phenoxy) is 1. The molecule has 0 spiro atoms. The van der Waals surface area contributed by atoms with Crippen LogP contribution in [-0.4, -0.2) is 30.0 Å². The highest BCUT2D eigenvalue weighted by Crippen LogP contribution is 2.15. The van der Waals surface area contributed by atoms with Crippen LogP contribution in [0.4, 0.5) is 0 Å². The number of carbonyl (C=O) groups is 2. The van der Waals surface area contributed by atoms with Crippen LogP contribution in [0.15, 0.2) is 66.7 Å². The summed E-state index contributed by atoms with van der Waals surface area (Å²) in [4.78, 5) is 28.2. The van der Waals surface area contributed by atoms with Crippen molar-refractivity contribution in [2.24, 2.45) is 0 Å². The van der Waals surface area contributed by atoms with Crippen LogP contribution in [0.3, 0.4) is 0 Å².